The number of phenolic OH excluding ortho intramolecular Hbond substituents is 1. The molecule has 2 aromatic carbocycles. The predicted octanol–water partition coefficient (Wildman–Crippen LogP) is 3.86. The van der Waals surface area contributed by atoms with Gasteiger partial charge in [0.05, 0.1) is 19.9 Å². The Hall–Kier alpha value is -3.54. The van der Waals surface area contributed by atoms with Gasteiger partial charge in [-0.1, -0.05) is 24.3 Å². The molecule has 0 saturated carbocycles. The number of nitrogens with zero attached hydrogens (tertiary/aromatic N) is 2. The molecule has 26 heavy (non-hydrogen) atoms. The van der Waals surface area contributed by atoms with Gasteiger partial charge in [0.2, 0.25) is 5.75 Å². The van der Waals surface area contributed by atoms with E-state index in [0.717, 1.165) is 15.7 Å². The second-order valence-electron chi connectivity index (χ2n) is 5.59. The van der Waals surface area contributed by atoms with Crippen LogP contribution < -0.4 is 9.47 Å². The molecule has 2 N–H and O–H groups in total. The van der Waals surface area contributed by atoms with Crippen molar-refractivity contribution < 1.29 is 24.5 Å². The summed E-state index contributed by atoms with van der Waals surface area (Å²) >= 11 is 0. The predicted molar refractivity (Wildman–Crippen MR) is 101 cm³/mol. The maximum absolute atomic E-state index is 9.98. The van der Waals surface area contributed by atoms with E-state index in [1.165, 1.54) is 14.2 Å². The standard InChI is InChI=1S/C20H18N2O4/c1-22(24)16-6-4-5-14-8-10-15(21-19(14)16)9-7-13-11-17(25-2)20(23)18(12-13)26-3/h4-12H,1H2,2-3H3,(H-,21,23,24)/p+1. The molecule has 1 heterocycles. The van der Waals surface area contributed by atoms with E-state index in [9.17, 15) is 10.3 Å². The molecule has 0 amide bonds. The van der Waals surface area contributed by atoms with Gasteiger partial charge >= 0.3 is 0 Å². The van der Waals surface area contributed by atoms with Crippen LogP contribution in [0.4, 0.5) is 5.69 Å². The molecule has 0 saturated heterocycles. The molecule has 6 nitrogen and oxygen atoms in total. The Balaban J connectivity index is 2.01. The molecular weight excluding hydrogens is 332 g/mol. The van der Waals surface area contributed by atoms with Gasteiger partial charge in [-0.2, -0.15) is 0 Å². The van der Waals surface area contributed by atoms with E-state index in [0.29, 0.717) is 28.4 Å². The molecule has 3 rings (SSSR count). The summed E-state index contributed by atoms with van der Waals surface area (Å²) in [4.78, 5) is 4.57. The average Bonchev–Trinajstić information content (AvgIpc) is 2.66. The molecule has 0 aliphatic rings. The van der Waals surface area contributed by atoms with Gasteiger partial charge < -0.3 is 14.6 Å². The third-order valence-electron chi connectivity index (χ3n) is 3.95. The van der Waals surface area contributed by atoms with Crippen molar-refractivity contribution in [3.63, 3.8) is 0 Å². The van der Waals surface area contributed by atoms with Crippen LogP contribution >= 0.6 is 0 Å². The topological polar surface area (TPSA) is 74.8 Å². The highest BCUT2D eigenvalue weighted by Crippen LogP contribution is 2.37. The van der Waals surface area contributed by atoms with E-state index in [1.54, 1.807) is 18.2 Å². The first-order valence-corrected chi connectivity index (χ1v) is 7.86. The van der Waals surface area contributed by atoms with Crippen LogP contribution in [0.25, 0.3) is 23.1 Å². The van der Waals surface area contributed by atoms with Gasteiger partial charge in [0.15, 0.2) is 18.2 Å². The van der Waals surface area contributed by atoms with Crippen molar-refractivity contribution in [2.75, 3.05) is 14.2 Å². The lowest BCUT2D eigenvalue weighted by Gasteiger charge is -2.09. The lowest BCUT2D eigenvalue weighted by molar-refractivity contribution is -0.705. The zero-order chi connectivity index (χ0) is 18.7. The summed E-state index contributed by atoms with van der Waals surface area (Å²) in [5.41, 5.74) is 2.66. The van der Waals surface area contributed by atoms with Crippen LogP contribution in [-0.2, 0) is 0 Å². The number of phenols is 1. The van der Waals surface area contributed by atoms with Gasteiger partial charge in [-0.3, -0.25) is 5.21 Å². The fraction of sp³-hybridized carbons (Fsp3) is 0.100. The third kappa shape index (κ3) is 3.30. The first-order valence-electron chi connectivity index (χ1n) is 7.86. The zero-order valence-electron chi connectivity index (χ0n) is 14.5. The van der Waals surface area contributed by atoms with Gasteiger partial charge in [0.25, 0.3) is 5.69 Å². The minimum Gasteiger partial charge on any atom is -0.502 e. The Morgan fingerprint density at radius 3 is 2.35 bits per heavy atom. The Bertz CT molecular complexity index is 987. The second kappa shape index (κ2) is 7.14. The summed E-state index contributed by atoms with van der Waals surface area (Å²) in [6.45, 7) is 3.51. The van der Waals surface area contributed by atoms with Gasteiger partial charge in [0.1, 0.15) is 5.52 Å². The van der Waals surface area contributed by atoms with Crippen LogP contribution in [-0.4, -0.2) is 41.0 Å². The maximum atomic E-state index is 9.98. The van der Waals surface area contributed by atoms with E-state index in [2.05, 4.69) is 11.7 Å². The summed E-state index contributed by atoms with van der Waals surface area (Å²) in [6, 6.07) is 12.7. The van der Waals surface area contributed by atoms with Crippen LogP contribution in [0, 0.1) is 0 Å². The minimum absolute atomic E-state index is 0.0425. The Labute approximate surface area is 150 Å². The van der Waals surface area contributed by atoms with Crippen LogP contribution in [0.2, 0.25) is 0 Å². The molecule has 0 fully saturated rings. The van der Waals surface area contributed by atoms with Crippen LogP contribution in [0.1, 0.15) is 11.3 Å². The first-order chi connectivity index (χ1) is 12.5. The number of rotatable bonds is 5. The molecule has 1 aromatic heterocycles. The summed E-state index contributed by atoms with van der Waals surface area (Å²) in [5.74, 6) is 0.607. The molecule has 0 bridgehead atoms. The van der Waals surface area contributed by atoms with Crippen molar-refractivity contribution in [2.45, 2.75) is 0 Å². The summed E-state index contributed by atoms with van der Waals surface area (Å²) in [7, 11) is 2.96. The van der Waals surface area contributed by atoms with E-state index >= 15 is 0 Å². The minimum atomic E-state index is -0.0425. The quantitative estimate of drug-likeness (QED) is 0.316. The molecule has 0 spiro atoms. The van der Waals surface area contributed by atoms with E-state index in [1.807, 2.05) is 36.4 Å². The number of methoxy groups -OCH3 is 2. The average molecular weight is 351 g/mol. The highest BCUT2D eigenvalue weighted by Gasteiger charge is 2.12. The lowest BCUT2D eigenvalue weighted by atomic mass is 10.1. The Morgan fingerprint density at radius 2 is 1.73 bits per heavy atom. The van der Waals surface area contributed by atoms with Crippen LogP contribution in [0.3, 0.4) is 0 Å². The van der Waals surface area contributed by atoms with Crippen molar-refractivity contribution in [3.05, 3.63) is 53.7 Å². The molecule has 0 aliphatic heterocycles. The Kier molecular flexibility index (Phi) is 4.75. The number of aromatic nitrogens is 1. The second-order valence-corrected chi connectivity index (χ2v) is 5.59. The fourth-order valence-electron chi connectivity index (χ4n) is 2.64. The van der Waals surface area contributed by atoms with Crippen molar-refractivity contribution in [2.24, 2.45) is 0 Å². The number of para-hydroxylation sites is 1. The number of hydrogen-bond acceptors (Lipinski definition) is 5. The highest BCUT2D eigenvalue weighted by molar-refractivity contribution is 5.88. The molecule has 0 radical (unpaired) electrons. The number of fused-ring (bicyclic) bond motifs is 1. The van der Waals surface area contributed by atoms with Crippen molar-refractivity contribution in [1.29, 1.82) is 0 Å². The molecule has 0 unspecified atom stereocenters. The summed E-state index contributed by atoms with van der Waals surface area (Å²) in [6.07, 6.45) is 3.66. The van der Waals surface area contributed by atoms with Crippen molar-refractivity contribution in [3.8, 4) is 17.2 Å². The van der Waals surface area contributed by atoms with Gasteiger partial charge in [-0.05, 0) is 29.8 Å². The smallest absolute Gasteiger partial charge is 0.282 e. The van der Waals surface area contributed by atoms with Gasteiger partial charge in [-0.25, -0.2) is 4.98 Å². The third-order valence-corrected chi connectivity index (χ3v) is 3.95. The lowest BCUT2D eigenvalue weighted by Crippen LogP contribution is -1.96. The molecule has 0 atom stereocenters. The summed E-state index contributed by atoms with van der Waals surface area (Å²) < 4.78 is 11.1. The zero-order valence-corrected chi connectivity index (χ0v) is 14.5. The Morgan fingerprint density at radius 1 is 1.04 bits per heavy atom. The van der Waals surface area contributed by atoms with E-state index in [-0.39, 0.29) is 5.75 Å². The molecule has 132 valence electrons. The monoisotopic (exact) mass is 351 g/mol. The van der Waals surface area contributed by atoms with Crippen molar-refractivity contribution >= 4 is 35.5 Å². The molecule has 6 heteroatoms. The SMILES string of the molecule is C=[N+](O)c1cccc2ccc(/C=C/c3cc(OC)c(O)c(OC)c3)nc12. The normalized spacial score (nSPS) is 11.0. The fourth-order valence-corrected chi connectivity index (χ4v) is 2.64. The molecular formula is C20H19N2O4+. The van der Waals surface area contributed by atoms with E-state index in [4.69, 9.17) is 9.47 Å². The van der Waals surface area contributed by atoms with Crippen LogP contribution in [0.5, 0.6) is 17.2 Å². The van der Waals surface area contributed by atoms with Gasteiger partial charge in [-0.15, -0.1) is 0 Å². The summed E-state index contributed by atoms with van der Waals surface area (Å²) in [5, 5.41) is 20.6. The first kappa shape index (κ1) is 17.3. The largest absolute Gasteiger partial charge is 0.502 e. The molecule has 3 aromatic rings. The number of hydrogen-bond donors (Lipinski definition) is 2. The molecule has 0 aliphatic carbocycles. The highest BCUT2D eigenvalue weighted by atomic mass is 16.5. The van der Waals surface area contributed by atoms with Gasteiger partial charge in [0, 0.05) is 16.2 Å². The number of ether oxygens (including phenoxy) is 2. The number of benzene rings is 2. The van der Waals surface area contributed by atoms with Crippen molar-refractivity contribution in [1.82, 2.24) is 4.98 Å². The number of pyridine rings is 1. The maximum Gasteiger partial charge on any atom is 0.282 e. The van der Waals surface area contributed by atoms with E-state index < -0.39 is 0 Å². The van der Waals surface area contributed by atoms with Crippen LogP contribution in [0.15, 0.2) is 42.5 Å². The number of aromatic hydroxyl groups is 1.